The fourth-order valence-corrected chi connectivity index (χ4v) is 5.47. The summed E-state index contributed by atoms with van der Waals surface area (Å²) in [7, 11) is 0. The zero-order valence-electron chi connectivity index (χ0n) is 21.2. The lowest BCUT2D eigenvalue weighted by Gasteiger charge is -2.38. The number of hydrogen-bond acceptors (Lipinski definition) is 3. The van der Waals surface area contributed by atoms with Crippen molar-refractivity contribution in [3.63, 3.8) is 0 Å². The van der Waals surface area contributed by atoms with Crippen LogP contribution in [-0.4, -0.2) is 15.6 Å². The van der Waals surface area contributed by atoms with Gasteiger partial charge in [0.05, 0.1) is 22.8 Å². The number of Topliss-reactive ketones (excluding diaryl/α,β-unsaturated/α-hetero) is 1. The molecule has 1 unspecified atom stereocenters. The SMILES string of the molecule is CCC(CC)(CC(=O)c1c(C)nn2c1NC(c1cccc(F)c1)CC2(C)C)c1ccc(C)cc1. The van der Waals surface area contributed by atoms with E-state index in [9.17, 15) is 9.18 Å². The molecule has 0 spiro atoms. The molecule has 1 N–H and O–H groups in total. The van der Waals surface area contributed by atoms with E-state index in [1.54, 1.807) is 12.1 Å². The Morgan fingerprint density at radius 1 is 1.15 bits per heavy atom. The molecule has 2 aromatic carbocycles. The molecule has 0 radical (unpaired) electrons. The molecule has 0 fully saturated rings. The lowest BCUT2D eigenvalue weighted by atomic mass is 9.71. The van der Waals surface area contributed by atoms with Crippen molar-refractivity contribution in [2.24, 2.45) is 0 Å². The largest absolute Gasteiger partial charge is 0.363 e. The number of aromatic nitrogens is 2. The third-order valence-corrected chi connectivity index (χ3v) is 7.69. The van der Waals surface area contributed by atoms with Crippen molar-refractivity contribution in [3.8, 4) is 0 Å². The molecule has 1 aliphatic heterocycles. The minimum Gasteiger partial charge on any atom is -0.363 e. The van der Waals surface area contributed by atoms with Gasteiger partial charge in [-0.25, -0.2) is 9.07 Å². The second-order valence-corrected chi connectivity index (χ2v) is 10.4. The van der Waals surface area contributed by atoms with Gasteiger partial charge in [0.15, 0.2) is 5.78 Å². The van der Waals surface area contributed by atoms with Gasteiger partial charge in [-0.05, 0) is 70.2 Å². The molecule has 0 amide bonds. The van der Waals surface area contributed by atoms with Gasteiger partial charge in [-0.15, -0.1) is 0 Å². The van der Waals surface area contributed by atoms with E-state index in [2.05, 4.69) is 64.2 Å². The van der Waals surface area contributed by atoms with Crippen molar-refractivity contribution in [2.45, 2.75) is 84.2 Å². The third kappa shape index (κ3) is 4.28. The standard InChI is InChI=1S/C29H36FN3O/c1-7-29(8-2,22-14-12-19(3)13-15-22)18-25(34)26-20(4)32-33-27(26)31-24(17-28(33,5)6)21-10-9-11-23(30)16-21/h9-16,24,31H,7-8,17-18H2,1-6H3. The van der Waals surface area contributed by atoms with Gasteiger partial charge < -0.3 is 5.32 Å². The Balaban J connectivity index is 1.73. The van der Waals surface area contributed by atoms with Gasteiger partial charge in [0.1, 0.15) is 11.6 Å². The maximum Gasteiger partial charge on any atom is 0.169 e. The topological polar surface area (TPSA) is 46.9 Å². The van der Waals surface area contributed by atoms with E-state index >= 15 is 0 Å². The van der Waals surface area contributed by atoms with Gasteiger partial charge >= 0.3 is 0 Å². The lowest BCUT2D eigenvalue weighted by molar-refractivity contribution is 0.0944. The predicted molar refractivity (Wildman–Crippen MR) is 136 cm³/mol. The normalized spacial score (nSPS) is 17.2. The van der Waals surface area contributed by atoms with E-state index in [0.29, 0.717) is 12.0 Å². The molecule has 0 aliphatic carbocycles. The molecule has 3 aromatic rings. The van der Waals surface area contributed by atoms with Gasteiger partial charge in [0.25, 0.3) is 0 Å². The van der Waals surface area contributed by atoms with Crippen molar-refractivity contribution >= 4 is 11.6 Å². The number of halogens is 1. The summed E-state index contributed by atoms with van der Waals surface area (Å²) in [5.41, 5.74) is 4.17. The molecule has 180 valence electrons. The van der Waals surface area contributed by atoms with Gasteiger partial charge in [0, 0.05) is 11.8 Å². The number of nitrogens with zero attached hydrogens (tertiary/aromatic N) is 2. The number of aryl methyl sites for hydroxylation is 2. The van der Waals surface area contributed by atoms with Crippen LogP contribution >= 0.6 is 0 Å². The summed E-state index contributed by atoms with van der Waals surface area (Å²) in [6.45, 7) is 12.6. The summed E-state index contributed by atoms with van der Waals surface area (Å²) in [6.07, 6.45) is 2.93. The molecule has 0 bridgehead atoms. The highest BCUT2D eigenvalue weighted by atomic mass is 19.1. The van der Waals surface area contributed by atoms with Crippen molar-refractivity contribution in [1.29, 1.82) is 0 Å². The smallest absolute Gasteiger partial charge is 0.169 e. The van der Waals surface area contributed by atoms with Gasteiger partial charge in [-0.3, -0.25) is 4.79 Å². The van der Waals surface area contributed by atoms with Crippen molar-refractivity contribution in [1.82, 2.24) is 9.78 Å². The van der Waals surface area contributed by atoms with Crippen LogP contribution in [0.4, 0.5) is 10.2 Å². The Kier molecular flexibility index (Phi) is 6.41. The summed E-state index contributed by atoms with van der Waals surface area (Å²) < 4.78 is 15.9. The number of ketones is 1. The Morgan fingerprint density at radius 2 is 1.82 bits per heavy atom. The van der Waals surface area contributed by atoms with E-state index < -0.39 is 0 Å². The lowest BCUT2D eigenvalue weighted by Crippen LogP contribution is -2.38. The van der Waals surface area contributed by atoms with Crippen LogP contribution in [0.5, 0.6) is 0 Å². The molecule has 0 saturated carbocycles. The van der Waals surface area contributed by atoms with Crippen LogP contribution in [0.2, 0.25) is 0 Å². The fraction of sp³-hybridized carbons (Fsp3) is 0.448. The Morgan fingerprint density at radius 3 is 2.44 bits per heavy atom. The molecule has 2 heterocycles. The van der Waals surface area contributed by atoms with Gasteiger partial charge in [-0.1, -0.05) is 55.8 Å². The molecule has 1 aromatic heterocycles. The van der Waals surface area contributed by atoms with Crippen LogP contribution in [0, 0.1) is 19.7 Å². The minimum atomic E-state index is -0.315. The first-order valence-corrected chi connectivity index (χ1v) is 12.3. The Bertz CT molecular complexity index is 1190. The van der Waals surface area contributed by atoms with Crippen molar-refractivity contribution in [3.05, 3.63) is 82.3 Å². The van der Waals surface area contributed by atoms with E-state index in [4.69, 9.17) is 5.10 Å². The summed E-state index contributed by atoms with van der Waals surface area (Å²) >= 11 is 0. The van der Waals surface area contributed by atoms with E-state index in [1.165, 1.54) is 17.2 Å². The number of anilines is 1. The average Bonchev–Trinajstić information content (AvgIpc) is 3.15. The van der Waals surface area contributed by atoms with Gasteiger partial charge in [0.2, 0.25) is 0 Å². The first kappa shape index (κ1) is 24.2. The average molecular weight is 462 g/mol. The number of rotatable bonds is 7. The maximum atomic E-state index is 14.0. The molecule has 34 heavy (non-hydrogen) atoms. The Labute approximate surface area is 202 Å². The second-order valence-electron chi connectivity index (χ2n) is 10.4. The van der Waals surface area contributed by atoms with Crippen molar-refractivity contribution < 1.29 is 9.18 Å². The highest BCUT2D eigenvalue weighted by molar-refractivity contribution is 6.02. The number of carbonyl (C=O) groups excluding carboxylic acids is 1. The van der Waals surface area contributed by atoms with Crippen LogP contribution in [0.25, 0.3) is 0 Å². The van der Waals surface area contributed by atoms with Crippen molar-refractivity contribution in [2.75, 3.05) is 5.32 Å². The number of fused-ring (bicyclic) bond motifs is 1. The predicted octanol–water partition coefficient (Wildman–Crippen LogP) is 7.26. The third-order valence-electron chi connectivity index (χ3n) is 7.69. The highest BCUT2D eigenvalue weighted by Gasteiger charge is 2.40. The fourth-order valence-electron chi connectivity index (χ4n) is 5.47. The molecule has 1 aliphatic rings. The number of carbonyl (C=O) groups is 1. The molecular formula is C29H36FN3O. The molecule has 4 nitrogen and oxygen atoms in total. The van der Waals surface area contributed by atoms with Gasteiger partial charge in [-0.2, -0.15) is 5.10 Å². The first-order chi connectivity index (χ1) is 16.1. The molecular weight excluding hydrogens is 425 g/mol. The summed E-state index contributed by atoms with van der Waals surface area (Å²) in [5.74, 6) is 0.599. The molecule has 1 atom stereocenters. The second kappa shape index (κ2) is 9.01. The quantitative estimate of drug-likeness (QED) is 0.377. The van der Waals surface area contributed by atoms with Crippen LogP contribution in [0.3, 0.4) is 0 Å². The summed E-state index contributed by atoms with van der Waals surface area (Å²) in [5, 5.41) is 8.34. The Hall–Kier alpha value is -2.95. The maximum absolute atomic E-state index is 14.0. The summed E-state index contributed by atoms with van der Waals surface area (Å²) in [4.78, 5) is 13.9. The molecule has 5 heteroatoms. The van der Waals surface area contributed by atoms with Crippen LogP contribution < -0.4 is 5.32 Å². The van der Waals surface area contributed by atoms with Crippen LogP contribution in [-0.2, 0) is 11.0 Å². The zero-order valence-corrected chi connectivity index (χ0v) is 21.2. The minimum absolute atomic E-state index is 0.0972. The van der Waals surface area contributed by atoms with Crippen LogP contribution in [0.15, 0.2) is 48.5 Å². The van der Waals surface area contributed by atoms with Crippen LogP contribution in [0.1, 0.15) is 92.2 Å². The molecule has 4 rings (SSSR count). The first-order valence-electron chi connectivity index (χ1n) is 12.3. The number of hydrogen-bond donors (Lipinski definition) is 1. The number of nitrogens with one attached hydrogen (secondary N) is 1. The molecule has 0 saturated heterocycles. The summed E-state index contributed by atoms with van der Waals surface area (Å²) in [6, 6.07) is 15.2. The van der Waals surface area contributed by atoms with E-state index in [1.807, 2.05) is 17.7 Å². The van der Waals surface area contributed by atoms with E-state index in [-0.39, 0.29) is 28.6 Å². The monoisotopic (exact) mass is 461 g/mol. The van der Waals surface area contributed by atoms with E-state index in [0.717, 1.165) is 36.3 Å². The highest BCUT2D eigenvalue weighted by Crippen LogP contribution is 2.43. The number of benzene rings is 2. The zero-order chi connectivity index (χ0) is 24.7.